The van der Waals surface area contributed by atoms with Gasteiger partial charge in [0.1, 0.15) is 14.3 Å². The molecule has 1 saturated carbocycles. The first kappa shape index (κ1) is 38.6. The Labute approximate surface area is 345 Å². The number of benzene rings is 8. The Hall–Kier alpha value is -4.92. The van der Waals surface area contributed by atoms with Crippen LogP contribution in [0.2, 0.25) is 0 Å². The smallest absolute Gasteiger partial charge is 0.147 e. The molecule has 0 unspecified atom stereocenters. The molecule has 1 fully saturated rings. The number of rotatable bonds is 12. The van der Waals surface area contributed by atoms with Crippen molar-refractivity contribution in [2.45, 2.75) is 22.6 Å². The Kier molecular flexibility index (Phi) is 11.4. The van der Waals surface area contributed by atoms with Crippen LogP contribution in [0.5, 0.6) is 0 Å². The summed E-state index contributed by atoms with van der Waals surface area (Å²) in [5.41, 5.74) is -1.19. The lowest BCUT2D eigenvalue weighted by Gasteiger charge is -2.61. The van der Waals surface area contributed by atoms with E-state index < -0.39 is 30.1 Å². The summed E-state index contributed by atoms with van der Waals surface area (Å²) in [5, 5.41) is 8.19. The fourth-order valence-electron chi connectivity index (χ4n) is 9.06. The predicted molar refractivity (Wildman–Crippen MR) is 253 cm³/mol. The van der Waals surface area contributed by atoms with Crippen LogP contribution in [0.4, 0.5) is 0 Å². The zero-order valence-corrected chi connectivity index (χ0v) is 35.6. The van der Waals surface area contributed by atoms with Gasteiger partial charge in [-0.2, -0.15) is 0 Å². The standard InChI is InChI=1S/C52H44O2P4/c53-57(45-33-17-5-18-34-45,46-35-19-6-20-36-46)51-49(55(41-25-9-1-10-26-41)42-27-11-2-12-28-42)52(58(54,47-37-21-7-22-38-47)48-39-23-8-24-40-48)50(51)56(43-29-13-3-14-30-43)44-31-15-4-16-32-44/h1-40,49-52H. The lowest BCUT2D eigenvalue weighted by molar-refractivity contribution is 0.490. The van der Waals surface area contributed by atoms with Crippen molar-refractivity contribution < 1.29 is 9.13 Å². The Morgan fingerprint density at radius 2 is 0.431 bits per heavy atom. The van der Waals surface area contributed by atoms with Crippen LogP contribution in [0, 0.1) is 0 Å². The second-order valence-corrected chi connectivity index (χ2v) is 25.3. The third-order valence-electron chi connectivity index (χ3n) is 11.5. The Morgan fingerprint density at radius 3 is 0.621 bits per heavy atom. The monoisotopic (exact) mass is 824 g/mol. The van der Waals surface area contributed by atoms with Crippen LogP contribution >= 0.6 is 30.1 Å². The SMILES string of the molecule is O=P(c1ccccc1)(c1ccccc1)C1C(P(c2ccccc2)c2ccccc2)C(P(=O)(c2ccccc2)c2ccccc2)C1P(c1ccccc1)c1ccccc1. The highest BCUT2D eigenvalue weighted by atomic mass is 31.2. The van der Waals surface area contributed by atoms with E-state index in [-0.39, 0.29) is 22.6 Å². The molecule has 0 saturated heterocycles. The van der Waals surface area contributed by atoms with Crippen LogP contribution in [-0.4, -0.2) is 22.6 Å². The third kappa shape index (κ3) is 7.02. The molecule has 0 amide bonds. The second-order valence-electron chi connectivity index (χ2n) is 14.7. The summed E-state index contributed by atoms with van der Waals surface area (Å²) in [4.78, 5) is 0. The van der Waals surface area contributed by atoms with Gasteiger partial charge in [0.15, 0.2) is 0 Å². The van der Waals surface area contributed by atoms with Crippen LogP contribution in [0.3, 0.4) is 0 Å². The molecule has 1 aliphatic rings. The molecule has 58 heavy (non-hydrogen) atoms. The molecule has 8 aromatic carbocycles. The first-order chi connectivity index (χ1) is 28.6. The van der Waals surface area contributed by atoms with E-state index in [0.29, 0.717) is 0 Å². The van der Waals surface area contributed by atoms with Gasteiger partial charge in [-0.25, -0.2) is 0 Å². The first-order valence-electron chi connectivity index (χ1n) is 19.8. The Balaban J connectivity index is 1.44. The average Bonchev–Trinajstić information content (AvgIpc) is 3.31. The van der Waals surface area contributed by atoms with Crippen LogP contribution in [0.25, 0.3) is 0 Å². The van der Waals surface area contributed by atoms with Gasteiger partial charge < -0.3 is 9.13 Å². The van der Waals surface area contributed by atoms with Crippen molar-refractivity contribution in [3.63, 3.8) is 0 Å². The normalized spacial score (nSPS) is 18.1. The lowest BCUT2D eigenvalue weighted by atomic mass is 9.96. The van der Waals surface area contributed by atoms with E-state index in [4.69, 9.17) is 0 Å². The summed E-state index contributed by atoms with van der Waals surface area (Å²) in [6, 6.07) is 84.0. The van der Waals surface area contributed by atoms with Crippen LogP contribution in [0.15, 0.2) is 243 Å². The quantitative estimate of drug-likeness (QED) is 0.115. The second kappa shape index (κ2) is 17.1. The van der Waals surface area contributed by atoms with E-state index in [1.807, 2.05) is 72.8 Å². The molecule has 0 spiro atoms. The highest BCUT2D eigenvalue weighted by molar-refractivity contribution is 7.86. The van der Waals surface area contributed by atoms with Crippen LogP contribution in [0.1, 0.15) is 0 Å². The Morgan fingerprint density at radius 1 is 0.259 bits per heavy atom. The van der Waals surface area contributed by atoms with Gasteiger partial charge in [-0.15, -0.1) is 0 Å². The fourth-order valence-corrected chi connectivity index (χ4v) is 26.3. The fraction of sp³-hybridized carbons (Fsp3) is 0.0769. The van der Waals surface area contributed by atoms with Crippen molar-refractivity contribution in [3.05, 3.63) is 243 Å². The van der Waals surface area contributed by atoms with E-state index in [0.717, 1.165) is 21.2 Å². The predicted octanol–water partition coefficient (Wildman–Crippen LogP) is 9.77. The third-order valence-corrected chi connectivity index (χ3v) is 25.6. The van der Waals surface area contributed by atoms with Gasteiger partial charge in [-0.1, -0.05) is 243 Å². The zero-order chi connectivity index (χ0) is 39.4. The largest absolute Gasteiger partial charge is 0.313 e. The Bertz CT molecular complexity index is 2270. The first-order valence-corrected chi connectivity index (χ1v) is 26.2. The molecule has 0 atom stereocenters. The minimum absolute atomic E-state index is 0.236. The van der Waals surface area contributed by atoms with Crippen molar-refractivity contribution in [1.29, 1.82) is 0 Å². The maximum Gasteiger partial charge on any atom is 0.147 e. The molecular formula is C52H44O2P4. The molecule has 284 valence electrons. The zero-order valence-electron chi connectivity index (χ0n) is 32.0. The van der Waals surface area contributed by atoms with E-state index in [1.54, 1.807) is 0 Å². The molecule has 9 rings (SSSR count). The maximum atomic E-state index is 17.4. The number of hydrogen-bond donors (Lipinski definition) is 0. The molecule has 0 aliphatic heterocycles. The van der Waals surface area contributed by atoms with E-state index in [1.165, 1.54) is 21.2 Å². The van der Waals surface area contributed by atoms with Crippen molar-refractivity contribution in [1.82, 2.24) is 0 Å². The molecule has 0 bridgehead atoms. The van der Waals surface area contributed by atoms with Gasteiger partial charge in [0.05, 0.1) is 0 Å². The number of hydrogen-bond acceptors (Lipinski definition) is 2. The van der Waals surface area contributed by atoms with E-state index >= 15 is 9.13 Å². The van der Waals surface area contributed by atoms with Crippen LogP contribution < -0.4 is 42.4 Å². The van der Waals surface area contributed by atoms with E-state index in [2.05, 4.69) is 170 Å². The van der Waals surface area contributed by atoms with Crippen molar-refractivity contribution in [2.24, 2.45) is 0 Å². The van der Waals surface area contributed by atoms with Gasteiger partial charge in [0.2, 0.25) is 0 Å². The van der Waals surface area contributed by atoms with Crippen molar-refractivity contribution in [3.8, 4) is 0 Å². The molecule has 1 aliphatic carbocycles. The summed E-state index contributed by atoms with van der Waals surface area (Å²) in [7, 11) is -9.45. The summed E-state index contributed by atoms with van der Waals surface area (Å²) < 4.78 is 34.9. The molecule has 0 radical (unpaired) electrons. The maximum absolute atomic E-state index is 17.4. The topological polar surface area (TPSA) is 34.1 Å². The summed E-state index contributed by atoms with van der Waals surface area (Å²) in [5.74, 6) is 0. The van der Waals surface area contributed by atoms with Gasteiger partial charge in [-0.3, -0.25) is 0 Å². The van der Waals surface area contributed by atoms with Crippen molar-refractivity contribution >= 4 is 72.6 Å². The van der Waals surface area contributed by atoms with Gasteiger partial charge in [0, 0.05) is 43.9 Å². The van der Waals surface area contributed by atoms with Crippen molar-refractivity contribution in [2.75, 3.05) is 0 Å². The summed E-state index contributed by atoms with van der Waals surface area (Å²) in [6.45, 7) is 0. The van der Waals surface area contributed by atoms with E-state index in [9.17, 15) is 0 Å². The molecule has 2 nitrogen and oxygen atoms in total. The molecule has 0 aromatic heterocycles. The van der Waals surface area contributed by atoms with Gasteiger partial charge in [-0.05, 0) is 37.1 Å². The average molecular weight is 825 g/mol. The minimum Gasteiger partial charge on any atom is -0.313 e. The molecule has 8 aromatic rings. The van der Waals surface area contributed by atoms with Gasteiger partial charge in [0.25, 0.3) is 0 Å². The molecular weight excluding hydrogens is 780 g/mol. The summed E-state index contributed by atoms with van der Waals surface area (Å²) in [6.07, 6.45) is 0. The van der Waals surface area contributed by atoms with Crippen LogP contribution in [-0.2, 0) is 9.13 Å². The molecule has 0 heterocycles. The molecule has 6 heteroatoms. The highest BCUT2D eigenvalue weighted by Gasteiger charge is 2.68. The summed E-state index contributed by atoms with van der Waals surface area (Å²) >= 11 is 0. The highest BCUT2D eigenvalue weighted by Crippen LogP contribution is 2.77. The molecule has 0 N–H and O–H groups in total. The lowest BCUT2D eigenvalue weighted by Crippen LogP contribution is -2.66. The van der Waals surface area contributed by atoms with Gasteiger partial charge >= 0.3 is 0 Å². The minimum atomic E-state index is -3.51.